The van der Waals surface area contributed by atoms with Crippen molar-refractivity contribution < 1.29 is 19.1 Å². The van der Waals surface area contributed by atoms with Crippen LogP contribution in [0.5, 0.6) is 11.5 Å². The highest BCUT2D eigenvalue weighted by Crippen LogP contribution is 2.32. The predicted octanol–water partition coefficient (Wildman–Crippen LogP) is 3.59. The maximum absolute atomic E-state index is 12.9. The number of amides is 1. The first-order valence-electron chi connectivity index (χ1n) is 9.66. The number of fused-ring (bicyclic) bond motifs is 1. The van der Waals surface area contributed by atoms with Crippen molar-refractivity contribution in [1.29, 1.82) is 0 Å². The summed E-state index contributed by atoms with van der Waals surface area (Å²) in [6.45, 7) is 2.23. The van der Waals surface area contributed by atoms with E-state index in [4.69, 9.17) is 9.47 Å². The van der Waals surface area contributed by atoms with Crippen LogP contribution in [0.2, 0.25) is 0 Å². The van der Waals surface area contributed by atoms with Gasteiger partial charge < -0.3 is 14.4 Å². The summed E-state index contributed by atoms with van der Waals surface area (Å²) >= 11 is 0. The Balaban J connectivity index is 1.34. The fraction of sp³-hybridized carbons (Fsp3) is 0.304. The van der Waals surface area contributed by atoms with Crippen LogP contribution >= 0.6 is 0 Å². The molecule has 0 bridgehead atoms. The molecule has 1 amide bonds. The number of hydrogen-bond acceptors (Lipinski definition) is 4. The Hall–Kier alpha value is -3.08. The van der Waals surface area contributed by atoms with E-state index in [1.807, 2.05) is 41.3 Å². The van der Waals surface area contributed by atoms with Gasteiger partial charge in [-0.2, -0.15) is 0 Å². The highest BCUT2D eigenvalue weighted by Gasteiger charge is 2.28. The van der Waals surface area contributed by atoms with Crippen LogP contribution in [0, 0.1) is 5.92 Å². The van der Waals surface area contributed by atoms with Gasteiger partial charge in [0, 0.05) is 30.6 Å². The minimum atomic E-state index is -0.0651. The minimum Gasteiger partial charge on any atom is -0.486 e. The maximum Gasteiger partial charge on any atom is 0.246 e. The van der Waals surface area contributed by atoms with Gasteiger partial charge in [0.15, 0.2) is 17.3 Å². The van der Waals surface area contributed by atoms with Gasteiger partial charge in [-0.1, -0.05) is 30.3 Å². The van der Waals surface area contributed by atoms with Crippen molar-refractivity contribution in [3.05, 3.63) is 65.7 Å². The summed E-state index contributed by atoms with van der Waals surface area (Å²) in [5.74, 6) is 1.37. The van der Waals surface area contributed by atoms with Gasteiger partial charge in [-0.15, -0.1) is 0 Å². The van der Waals surface area contributed by atoms with Crippen LogP contribution < -0.4 is 9.47 Å². The highest BCUT2D eigenvalue weighted by atomic mass is 16.6. The zero-order chi connectivity index (χ0) is 19.3. The number of carbonyl (C=O) groups is 2. The highest BCUT2D eigenvalue weighted by molar-refractivity contribution is 5.99. The van der Waals surface area contributed by atoms with Crippen LogP contribution in [0.25, 0.3) is 6.08 Å². The molecule has 5 nitrogen and oxygen atoms in total. The summed E-state index contributed by atoms with van der Waals surface area (Å²) in [6, 6.07) is 15.1. The monoisotopic (exact) mass is 377 g/mol. The molecular weight excluding hydrogens is 354 g/mol. The normalized spacial score (nSPS) is 16.9. The van der Waals surface area contributed by atoms with Crippen molar-refractivity contribution >= 4 is 17.8 Å². The SMILES string of the molecule is O=C(c1ccc2c(c1)OCCO2)C1CCN(C(=O)C=Cc2ccccc2)CC1. The fourth-order valence-corrected chi connectivity index (χ4v) is 3.63. The van der Waals surface area contributed by atoms with Gasteiger partial charge in [0.1, 0.15) is 13.2 Å². The third-order valence-corrected chi connectivity index (χ3v) is 5.22. The number of ketones is 1. The van der Waals surface area contributed by atoms with Gasteiger partial charge in [-0.25, -0.2) is 0 Å². The molecule has 0 saturated carbocycles. The molecule has 1 saturated heterocycles. The van der Waals surface area contributed by atoms with Crippen LogP contribution in [0.15, 0.2) is 54.6 Å². The summed E-state index contributed by atoms with van der Waals surface area (Å²) in [7, 11) is 0. The van der Waals surface area contributed by atoms with Gasteiger partial charge in [-0.3, -0.25) is 9.59 Å². The molecule has 5 heteroatoms. The molecule has 1 fully saturated rings. The van der Waals surface area contributed by atoms with Gasteiger partial charge in [-0.05, 0) is 42.7 Å². The molecule has 2 aliphatic heterocycles. The summed E-state index contributed by atoms with van der Waals surface area (Å²) in [5.41, 5.74) is 1.65. The quantitative estimate of drug-likeness (QED) is 0.604. The van der Waals surface area contributed by atoms with Crippen molar-refractivity contribution in [3.8, 4) is 11.5 Å². The van der Waals surface area contributed by atoms with Crippen LogP contribution in [-0.2, 0) is 4.79 Å². The molecule has 2 aromatic carbocycles. The van der Waals surface area contributed by atoms with Crippen LogP contribution in [0.4, 0.5) is 0 Å². The molecule has 0 N–H and O–H groups in total. The van der Waals surface area contributed by atoms with Gasteiger partial charge in [0.25, 0.3) is 0 Å². The second-order valence-corrected chi connectivity index (χ2v) is 7.07. The lowest BCUT2D eigenvalue weighted by Gasteiger charge is -2.30. The van der Waals surface area contributed by atoms with E-state index in [-0.39, 0.29) is 17.6 Å². The van der Waals surface area contributed by atoms with E-state index < -0.39 is 0 Å². The maximum atomic E-state index is 12.9. The molecule has 144 valence electrons. The smallest absolute Gasteiger partial charge is 0.246 e. The zero-order valence-corrected chi connectivity index (χ0v) is 15.7. The lowest BCUT2D eigenvalue weighted by Crippen LogP contribution is -2.39. The number of benzene rings is 2. The van der Waals surface area contributed by atoms with E-state index in [9.17, 15) is 9.59 Å². The molecule has 0 aliphatic carbocycles. The van der Waals surface area contributed by atoms with Crippen molar-refractivity contribution in [2.75, 3.05) is 26.3 Å². The number of piperidine rings is 1. The van der Waals surface area contributed by atoms with E-state index in [0.717, 1.165) is 5.56 Å². The van der Waals surface area contributed by atoms with E-state index in [1.54, 1.807) is 24.3 Å². The molecule has 2 aliphatic rings. The third kappa shape index (κ3) is 4.09. The van der Waals surface area contributed by atoms with Crippen LogP contribution in [-0.4, -0.2) is 42.9 Å². The minimum absolute atomic E-state index is 0.00548. The standard InChI is InChI=1S/C23H23NO4/c25-22(9-6-17-4-2-1-3-5-17)24-12-10-18(11-13-24)23(26)19-7-8-20-21(16-19)28-15-14-27-20/h1-9,16,18H,10-15H2. The van der Waals surface area contributed by atoms with E-state index in [1.165, 1.54) is 0 Å². The topological polar surface area (TPSA) is 55.8 Å². The molecule has 0 radical (unpaired) electrons. The van der Waals surface area contributed by atoms with Crippen molar-refractivity contribution in [2.45, 2.75) is 12.8 Å². The van der Waals surface area contributed by atoms with Gasteiger partial charge in [0.2, 0.25) is 5.91 Å². The van der Waals surface area contributed by atoms with E-state index in [0.29, 0.717) is 56.2 Å². The van der Waals surface area contributed by atoms with Crippen molar-refractivity contribution in [3.63, 3.8) is 0 Å². The second-order valence-electron chi connectivity index (χ2n) is 7.07. The number of nitrogens with zero attached hydrogens (tertiary/aromatic N) is 1. The molecule has 0 atom stereocenters. The number of likely N-dealkylation sites (tertiary alicyclic amines) is 1. The summed E-state index contributed by atoms with van der Waals surface area (Å²) < 4.78 is 11.1. The molecule has 2 aromatic rings. The number of Topliss-reactive ketones (excluding diaryl/α,β-unsaturated/α-hetero) is 1. The second kappa shape index (κ2) is 8.30. The summed E-state index contributed by atoms with van der Waals surface area (Å²) in [6.07, 6.45) is 4.80. The van der Waals surface area contributed by atoms with Gasteiger partial charge in [0.05, 0.1) is 0 Å². The molecule has 0 aromatic heterocycles. The molecule has 28 heavy (non-hydrogen) atoms. The Morgan fingerprint density at radius 3 is 2.39 bits per heavy atom. The largest absolute Gasteiger partial charge is 0.486 e. The Bertz CT molecular complexity index is 883. The zero-order valence-electron chi connectivity index (χ0n) is 15.7. The average Bonchev–Trinajstić information content (AvgIpc) is 2.77. The first-order chi connectivity index (χ1) is 13.7. The number of carbonyl (C=O) groups excluding carboxylic acids is 2. The first kappa shape index (κ1) is 18.3. The summed E-state index contributed by atoms with van der Waals surface area (Å²) in [5, 5.41) is 0. The number of rotatable bonds is 4. The Labute approximate surface area is 164 Å². The lowest BCUT2D eigenvalue weighted by atomic mass is 9.88. The third-order valence-electron chi connectivity index (χ3n) is 5.22. The van der Waals surface area contributed by atoms with E-state index in [2.05, 4.69) is 0 Å². The van der Waals surface area contributed by atoms with E-state index >= 15 is 0 Å². The fourth-order valence-electron chi connectivity index (χ4n) is 3.63. The first-order valence-corrected chi connectivity index (χ1v) is 9.66. The molecule has 0 unspecified atom stereocenters. The molecule has 2 heterocycles. The van der Waals surface area contributed by atoms with Crippen LogP contribution in [0.3, 0.4) is 0 Å². The Morgan fingerprint density at radius 2 is 1.64 bits per heavy atom. The lowest BCUT2D eigenvalue weighted by molar-refractivity contribution is -0.127. The number of ether oxygens (including phenoxy) is 2. The van der Waals surface area contributed by atoms with Crippen molar-refractivity contribution in [1.82, 2.24) is 4.90 Å². The Kier molecular flexibility index (Phi) is 5.42. The average molecular weight is 377 g/mol. The van der Waals surface area contributed by atoms with Crippen LogP contribution in [0.1, 0.15) is 28.8 Å². The number of hydrogen-bond donors (Lipinski definition) is 0. The molecule has 4 rings (SSSR count). The van der Waals surface area contributed by atoms with Crippen molar-refractivity contribution in [2.24, 2.45) is 5.92 Å². The predicted molar refractivity (Wildman–Crippen MR) is 107 cm³/mol. The molecular formula is C23H23NO4. The summed E-state index contributed by atoms with van der Waals surface area (Å²) in [4.78, 5) is 27.1. The Morgan fingerprint density at radius 1 is 0.929 bits per heavy atom. The molecule has 0 spiro atoms. The van der Waals surface area contributed by atoms with Gasteiger partial charge >= 0.3 is 0 Å².